The number of hydrogen-bond acceptors (Lipinski definition) is 2. The Kier molecular flexibility index (Phi) is 5.46. The van der Waals surface area contributed by atoms with Crippen molar-refractivity contribution in [3.63, 3.8) is 0 Å². The van der Waals surface area contributed by atoms with Gasteiger partial charge in [-0.2, -0.15) is 0 Å². The van der Waals surface area contributed by atoms with Crippen molar-refractivity contribution < 1.29 is 9.45 Å². The van der Waals surface area contributed by atoms with Crippen LogP contribution in [-0.2, 0) is 15.9 Å². The Balaban J connectivity index is 1.67. The largest absolute Gasteiger partial charge is 0.435 e. The van der Waals surface area contributed by atoms with E-state index in [2.05, 4.69) is 24.4 Å². The number of aryl methyl sites for hydroxylation is 1. The van der Waals surface area contributed by atoms with Crippen LogP contribution in [0.4, 0.5) is 0 Å². The van der Waals surface area contributed by atoms with E-state index in [9.17, 15) is 4.79 Å². The lowest BCUT2D eigenvalue weighted by molar-refractivity contribution is -0.121. The first-order valence-corrected chi connectivity index (χ1v) is 7.23. The molecule has 0 bridgehead atoms. The van der Waals surface area contributed by atoms with Crippen LogP contribution in [0.2, 0.25) is 0 Å². The molecule has 3 nitrogen and oxygen atoms in total. The molecule has 0 aliphatic carbocycles. The summed E-state index contributed by atoms with van der Waals surface area (Å²) < 4.78 is 5.69. The van der Waals surface area contributed by atoms with Crippen LogP contribution < -0.4 is 5.32 Å². The van der Waals surface area contributed by atoms with Gasteiger partial charge in [-0.15, -0.1) is 0 Å². The maximum absolute atomic E-state index is 11.9. The van der Waals surface area contributed by atoms with Crippen molar-refractivity contribution >= 4 is 13.4 Å². The van der Waals surface area contributed by atoms with Crippen LogP contribution in [0.3, 0.4) is 0 Å². The summed E-state index contributed by atoms with van der Waals surface area (Å²) in [4.78, 5) is 11.9. The second-order valence-corrected chi connectivity index (χ2v) is 5.19. The second kappa shape index (κ2) is 7.34. The number of amides is 1. The Morgan fingerprint density at radius 1 is 1.37 bits per heavy atom. The molecule has 2 rings (SSSR count). The Hall–Kier alpha value is -1.29. The normalized spacial score (nSPS) is 22.6. The van der Waals surface area contributed by atoms with Gasteiger partial charge in [0.05, 0.1) is 0 Å². The first kappa shape index (κ1) is 14.1. The van der Waals surface area contributed by atoms with Crippen LogP contribution in [0.5, 0.6) is 0 Å². The van der Waals surface area contributed by atoms with E-state index >= 15 is 0 Å². The number of benzene rings is 1. The van der Waals surface area contributed by atoms with Gasteiger partial charge in [0.25, 0.3) is 7.48 Å². The van der Waals surface area contributed by atoms with E-state index < -0.39 is 0 Å². The summed E-state index contributed by atoms with van der Waals surface area (Å²) in [5, 5.41) is 3.07. The zero-order valence-corrected chi connectivity index (χ0v) is 11.6. The number of hydrogen-bond donors (Lipinski definition) is 1. The summed E-state index contributed by atoms with van der Waals surface area (Å²) in [5.41, 5.74) is 1.21. The molecular weight excluding hydrogens is 237 g/mol. The molecule has 1 heterocycles. The minimum Gasteiger partial charge on any atom is -0.435 e. The average molecular weight is 259 g/mol. The fraction of sp³-hybridized carbons (Fsp3) is 0.533. The molecule has 1 fully saturated rings. The van der Waals surface area contributed by atoms with Crippen molar-refractivity contribution in [2.75, 3.05) is 0 Å². The van der Waals surface area contributed by atoms with Crippen LogP contribution in [0.1, 0.15) is 38.2 Å². The van der Waals surface area contributed by atoms with E-state index in [0.717, 1.165) is 25.7 Å². The molecule has 4 heteroatoms. The minimum atomic E-state index is 0.132. The van der Waals surface area contributed by atoms with Crippen LogP contribution >= 0.6 is 0 Å². The SMILES string of the molecule is CCC1CCC(NC(=O)CCc2ccccc2)BO1. The van der Waals surface area contributed by atoms with E-state index in [1.54, 1.807) is 0 Å². The van der Waals surface area contributed by atoms with Gasteiger partial charge < -0.3 is 9.97 Å². The zero-order valence-electron chi connectivity index (χ0n) is 11.6. The molecule has 0 saturated carbocycles. The molecule has 0 radical (unpaired) electrons. The Bertz CT molecular complexity index is 388. The smallest absolute Gasteiger partial charge is 0.297 e. The predicted octanol–water partition coefficient (Wildman–Crippen LogP) is 2.00. The maximum Gasteiger partial charge on any atom is 0.297 e. The summed E-state index contributed by atoms with van der Waals surface area (Å²) in [5.74, 6) is 0.332. The second-order valence-electron chi connectivity index (χ2n) is 5.19. The molecule has 102 valence electrons. The monoisotopic (exact) mass is 259 g/mol. The summed E-state index contributed by atoms with van der Waals surface area (Å²) in [6, 6.07) is 10.1. The zero-order chi connectivity index (χ0) is 13.5. The van der Waals surface area contributed by atoms with Crippen molar-refractivity contribution in [3.05, 3.63) is 35.9 Å². The molecule has 1 saturated heterocycles. The van der Waals surface area contributed by atoms with Gasteiger partial charge in [0, 0.05) is 18.5 Å². The molecule has 2 atom stereocenters. The van der Waals surface area contributed by atoms with Crippen LogP contribution in [0, 0.1) is 0 Å². The van der Waals surface area contributed by atoms with Gasteiger partial charge >= 0.3 is 0 Å². The molecule has 0 aromatic heterocycles. The highest BCUT2D eigenvalue weighted by Gasteiger charge is 2.23. The van der Waals surface area contributed by atoms with Crippen molar-refractivity contribution in [1.29, 1.82) is 0 Å². The Labute approximate surface area is 116 Å². The highest BCUT2D eigenvalue weighted by Crippen LogP contribution is 2.14. The number of rotatable bonds is 5. The van der Waals surface area contributed by atoms with Crippen molar-refractivity contribution in [2.45, 2.75) is 51.1 Å². The molecule has 0 spiro atoms. The summed E-state index contributed by atoms with van der Waals surface area (Å²) >= 11 is 0. The fourth-order valence-corrected chi connectivity index (χ4v) is 2.44. The Morgan fingerprint density at radius 2 is 2.16 bits per heavy atom. The lowest BCUT2D eigenvalue weighted by Crippen LogP contribution is -2.44. The van der Waals surface area contributed by atoms with Crippen LogP contribution in [-0.4, -0.2) is 25.4 Å². The van der Waals surface area contributed by atoms with Crippen LogP contribution in [0.15, 0.2) is 30.3 Å². The standard InChI is InChI=1S/C15H22BNO2/c1-2-13-9-10-14(16-19-13)17-15(18)11-8-12-6-4-3-5-7-12/h3-7,13-14,16H,2,8-11H2,1H3,(H,17,18). The average Bonchev–Trinajstić information content (AvgIpc) is 2.47. The van der Waals surface area contributed by atoms with Gasteiger partial charge in [-0.1, -0.05) is 37.3 Å². The molecule has 2 unspecified atom stereocenters. The van der Waals surface area contributed by atoms with Gasteiger partial charge in [0.2, 0.25) is 5.91 Å². The fourth-order valence-electron chi connectivity index (χ4n) is 2.44. The number of carbonyl (C=O) groups excluding carboxylic acids is 1. The molecule has 1 aliphatic rings. The third-order valence-electron chi connectivity index (χ3n) is 3.67. The molecule has 1 aromatic carbocycles. The van der Waals surface area contributed by atoms with Gasteiger partial charge in [0.1, 0.15) is 0 Å². The summed E-state index contributed by atoms with van der Waals surface area (Å²) in [6.07, 6.45) is 4.90. The Morgan fingerprint density at radius 3 is 2.79 bits per heavy atom. The van der Waals surface area contributed by atoms with Gasteiger partial charge in [0.15, 0.2) is 0 Å². The number of carbonyl (C=O) groups is 1. The van der Waals surface area contributed by atoms with E-state index in [-0.39, 0.29) is 11.8 Å². The first-order chi connectivity index (χ1) is 9.28. The minimum absolute atomic E-state index is 0.132. The van der Waals surface area contributed by atoms with E-state index in [1.807, 2.05) is 18.2 Å². The molecule has 1 N–H and O–H groups in total. The first-order valence-electron chi connectivity index (χ1n) is 7.23. The van der Waals surface area contributed by atoms with E-state index in [0.29, 0.717) is 20.0 Å². The molecule has 19 heavy (non-hydrogen) atoms. The van der Waals surface area contributed by atoms with Crippen molar-refractivity contribution in [1.82, 2.24) is 5.32 Å². The molecule has 1 amide bonds. The van der Waals surface area contributed by atoms with E-state index in [4.69, 9.17) is 4.65 Å². The highest BCUT2D eigenvalue weighted by molar-refractivity contribution is 6.30. The van der Waals surface area contributed by atoms with Gasteiger partial charge in [-0.25, -0.2) is 0 Å². The summed E-state index contributed by atoms with van der Waals surface area (Å²) in [6.45, 7) is 2.14. The van der Waals surface area contributed by atoms with Crippen LogP contribution in [0.25, 0.3) is 0 Å². The predicted molar refractivity (Wildman–Crippen MR) is 78.2 cm³/mol. The van der Waals surface area contributed by atoms with Crippen molar-refractivity contribution in [3.8, 4) is 0 Å². The lowest BCUT2D eigenvalue weighted by atomic mass is 9.79. The quantitative estimate of drug-likeness (QED) is 0.821. The third kappa shape index (κ3) is 4.71. The highest BCUT2D eigenvalue weighted by atomic mass is 16.4. The maximum atomic E-state index is 11.9. The summed E-state index contributed by atoms with van der Waals surface area (Å²) in [7, 11) is 0.662. The third-order valence-corrected chi connectivity index (χ3v) is 3.67. The topological polar surface area (TPSA) is 38.3 Å². The molecule has 1 aromatic rings. The van der Waals surface area contributed by atoms with Gasteiger partial charge in [-0.05, 0) is 31.2 Å². The van der Waals surface area contributed by atoms with Crippen molar-refractivity contribution in [2.24, 2.45) is 0 Å². The molecule has 1 aliphatic heterocycles. The lowest BCUT2D eigenvalue weighted by Gasteiger charge is -2.28. The number of nitrogens with one attached hydrogen (secondary N) is 1. The van der Waals surface area contributed by atoms with E-state index in [1.165, 1.54) is 5.56 Å². The van der Waals surface area contributed by atoms with Gasteiger partial charge in [-0.3, -0.25) is 4.79 Å². The molecular formula is C15H22BNO2.